The Hall–Kier alpha value is -3.21. The molecule has 0 saturated heterocycles. The Balaban J connectivity index is 1.61. The summed E-state index contributed by atoms with van der Waals surface area (Å²) in [4.78, 5) is 24.1. The third-order valence-electron chi connectivity index (χ3n) is 5.05. The van der Waals surface area contributed by atoms with E-state index in [9.17, 15) is 4.79 Å². The summed E-state index contributed by atoms with van der Waals surface area (Å²) < 4.78 is 0. The van der Waals surface area contributed by atoms with Gasteiger partial charge in [0.1, 0.15) is 5.69 Å². The van der Waals surface area contributed by atoms with Crippen molar-refractivity contribution in [2.24, 2.45) is 0 Å². The predicted molar refractivity (Wildman–Crippen MR) is 112 cm³/mol. The third-order valence-corrected chi connectivity index (χ3v) is 5.05. The first-order valence-electron chi connectivity index (χ1n) is 9.75. The molecule has 0 bridgehead atoms. The van der Waals surface area contributed by atoms with Gasteiger partial charge in [-0.05, 0) is 61.6 Å². The number of aromatic nitrogens is 2. The van der Waals surface area contributed by atoms with Gasteiger partial charge in [0.05, 0.1) is 0 Å². The summed E-state index contributed by atoms with van der Waals surface area (Å²) in [6.07, 6.45) is 3.07. The number of para-hydroxylation sites is 1. The Bertz CT molecular complexity index is 998. The van der Waals surface area contributed by atoms with Crippen LogP contribution in [0.4, 0.5) is 17.3 Å². The fraction of sp³-hybridized carbons (Fsp3) is 0.261. The van der Waals surface area contributed by atoms with E-state index in [1.807, 2.05) is 37.3 Å². The summed E-state index contributed by atoms with van der Waals surface area (Å²) >= 11 is 0. The van der Waals surface area contributed by atoms with E-state index in [1.165, 1.54) is 11.1 Å². The van der Waals surface area contributed by atoms with Gasteiger partial charge in [0.15, 0.2) is 0 Å². The van der Waals surface area contributed by atoms with Crippen LogP contribution in [0, 0.1) is 6.92 Å². The number of nitrogens with zero attached hydrogens (tertiary/aromatic N) is 3. The number of carbonyl (C=O) groups excluding carboxylic acids is 1. The predicted octanol–water partition coefficient (Wildman–Crippen LogP) is 4.68. The highest BCUT2D eigenvalue weighted by Crippen LogP contribution is 2.31. The zero-order chi connectivity index (χ0) is 19.5. The van der Waals surface area contributed by atoms with Crippen LogP contribution in [0.5, 0.6) is 0 Å². The second-order valence-corrected chi connectivity index (χ2v) is 7.08. The summed E-state index contributed by atoms with van der Waals surface area (Å²) in [5, 5.41) is 2.94. The van der Waals surface area contributed by atoms with Gasteiger partial charge >= 0.3 is 0 Å². The van der Waals surface area contributed by atoms with Crippen molar-refractivity contribution < 1.29 is 4.79 Å². The Morgan fingerprint density at radius 2 is 1.89 bits per heavy atom. The highest BCUT2D eigenvalue weighted by Gasteiger charge is 2.21. The van der Waals surface area contributed by atoms with Crippen LogP contribution in [-0.4, -0.2) is 22.4 Å². The number of anilines is 3. The summed E-state index contributed by atoms with van der Waals surface area (Å²) in [6, 6.07) is 17.9. The number of hydrogen-bond acceptors (Lipinski definition) is 4. The molecule has 142 valence electrons. The second-order valence-electron chi connectivity index (χ2n) is 7.08. The maximum atomic E-state index is 12.8. The molecule has 1 aromatic heterocycles. The maximum absolute atomic E-state index is 12.8. The maximum Gasteiger partial charge on any atom is 0.274 e. The van der Waals surface area contributed by atoms with Crippen molar-refractivity contribution in [3.05, 3.63) is 77.1 Å². The first kappa shape index (κ1) is 18.2. The van der Waals surface area contributed by atoms with Gasteiger partial charge in [-0.25, -0.2) is 9.97 Å². The number of nitrogens with one attached hydrogen (secondary N) is 1. The quantitative estimate of drug-likeness (QED) is 0.722. The summed E-state index contributed by atoms with van der Waals surface area (Å²) in [5.74, 6) is 0.361. The van der Waals surface area contributed by atoms with Gasteiger partial charge in [-0.2, -0.15) is 0 Å². The van der Waals surface area contributed by atoms with E-state index in [1.54, 1.807) is 6.07 Å². The minimum atomic E-state index is -0.221. The molecular weight excluding hydrogens is 348 g/mol. The van der Waals surface area contributed by atoms with Crippen LogP contribution in [0.3, 0.4) is 0 Å². The van der Waals surface area contributed by atoms with Crippen LogP contribution in [0.15, 0.2) is 54.6 Å². The lowest BCUT2D eigenvalue weighted by molar-refractivity contribution is 0.102. The zero-order valence-corrected chi connectivity index (χ0v) is 16.3. The minimum Gasteiger partial charge on any atom is -0.321 e. The van der Waals surface area contributed by atoms with Crippen molar-refractivity contribution in [1.29, 1.82) is 0 Å². The van der Waals surface area contributed by atoms with Gasteiger partial charge in [-0.15, -0.1) is 0 Å². The van der Waals surface area contributed by atoms with Gasteiger partial charge in [-0.3, -0.25) is 4.79 Å². The number of benzene rings is 2. The molecule has 4 rings (SSSR count). The second kappa shape index (κ2) is 7.80. The summed E-state index contributed by atoms with van der Waals surface area (Å²) in [7, 11) is 0. The van der Waals surface area contributed by atoms with Crippen LogP contribution in [0.2, 0.25) is 0 Å². The highest BCUT2D eigenvalue weighted by molar-refractivity contribution is 6.03. The molecule has 2 aromatic carbocycles. The molecule has 2 heterocycles. The molecule has 0 saturated carbocycles. The van der Waals surface area contributed by atoms with Gasteiger partial charge < -0.3 is 10.2 Å². The molecule has 0 unspecified atom stereocenters. The number of rotatable bonds is 4. The first-order valence-corrected chi connectivity index (χ1v) is 9.75. The molecule has 0 fully saturated rings. The fourth-order valence-corrected chi connectivity index (χ4v) is 3.55. The summed E-state index contributed by atoms with van der Waals surface area (Å²) in [6.45, 7) is 4.85. The lowest BCUT2D eigenvalue weighted by Crippen LogP contribution is -2.27. The molecule has 5 heteroatoms. The van der Waals surface area contributed by atoms with Crippen molar-refractivity contribution in [1.82, 2.24) is 9.97 Å². The van der Waals surface area contributed by atoms with Crippen molar-refractivity contribution in [2.45, 2.75) is 33.1 Å². The molecular formula is C23H24N4O. The van der Waals surface area contributed by atoms with Gasteiger partial charge in [0.25, 0.3) is 5.91 Å². The van der Waals surface area contributed by atoms with Gasteiger partial charge in [-0.1, -0.05) is 37.3 Å². The molecule has 5 nitrogen and oxygen atoms in total. The Kier molecular flexibility index (Phi) is 5.06. The number of amides is 1. The van der Waals surface area contributed by atoms with Gasteiger partial charge in [0.2, 0.25) is 5.95 Å². The smallest absolute Gasteiger partial charge is 0.274 e. The Morgan fingerprint density at radius 3 is 2.68 bits per heavy atom. The standard InChI is InChI=1S/C23H24N4O/c1-3-17-10-12-19(13-11-17)25-22(28)20-15-16(2)24-23(26-20)27-14-6-8-18-7-4-5-9-21(18)27/h4-5,7,9-13,15H,3,6,8,14H2,1-2H3,(H,25,28). The lowest BCUT2D eigenvalue weighted by Gasteiger charge is -2.29. The van der Waals surface area contributed by atoms with Gasteiger partial charge in [0, 0.05) is 23.6 Å². The molecule has 3 aromatic rings. The molecule has 1 N–H and O–H groups in total. The van der Waals surface area contributed by atoms with E-state index < -0.39 is 0 Å². The zero-order valence-electron chi connectivity index (χ0n) is 16.3. The molecule has 0 radical (unpaired) electrons. The molecule has 1 aliphatic heterocycles. The summed E-state index contributed by atoms with van der Waals surface area (Å²) in [5.41, 5.74) is 5.58. The number of carbonyl (C=O) groups is 1. The lowest BCUT2D eigenvalue weighted by atomic mass is 10.0. The monoisotopic (exact) mass is 372 g/mol. The SMILES string of the molecule is CCc1ccc(NC(=O)c2cc(C)nc(N3CCCc4ccccc43)n2)cc1. The molecule has 1 aliphatic rings. The van der Waals surface area contributed by atoms with Crippen molar-refractivity contribution in [2.75, 3.05) is 16.8 Å². The average molecular weight is 372 g/mol. The molecule has 0 spiro atoms. The van der Waals surface area contributed by atoms with Crippen LogP contribution in [0.25, 0.3) is 0 Å². The van der Waals surface area contributed by atoms with Crippen molar-refractivity contribution in [3.8, 4) is 0 Å². The van der Waals surface area contributed by atoms with E-state index in [4.69, 9.17) is 0 Å². The minimum absolute atomic E-state index is 0.221. The van der Waals surface area contributed by atoms with Crippen LogP contribution in [0.1, 0.15) is 40.7 Å². The van der Waals surface area contributed by atoms with Crippen LogP contribution >= 0.6 is 0 Å². The number of hydrogen-bond donors (Lipinski definition) is 1. The van der Waals surface area contributed by atoms with Crippen molar-refractivity contribution in [3.63, 3.8) is 0 Å². The number of aryl methyl sites for hydroxylation is 3. The first-order chi connectivity index (χ1) is 13.6. The molecule has 1 amide bonds. The Morgan fingerprint density at radius 1 is 1.11 bits per heavy atom. The molecule has 0 atom stereocenters. The normalized spacial score (nSPS) is 13.1. The topological polar surface area (TPSA) is 58.1 Å². The van der Waals surface area contributed by atoms with E-state index in [0.29, 0.717) is 11.6 Å². The van der Waals surface area contributed by atoms with E-state index >= 15 is 0 Å². The van der Waals surface area contributed by atoms with E-state index in [0.717, 1.165) is 42.9 Å². The fourth-order valence-electron chi connectivity index (χ4n) is 3.55. The van der Waals surface area contributed by atoms with E-state index in [-0.39, 0.29) is 5.91 Å². The van der Waals surface area contributed by atoms with E-state index in [2.05, 4.69) is 45.3 Å². The number of fused-ring (bicyclic) bond motifs is 1. The average Bonchev–Trinajstić information content (AvgIpc) is 2.73. The Labute approximate surface area is 165 Å². The highest BCUT2D eigenvalue weighted by atomic mass is 16.1. The molecule has 0 aliphatic carbocycles. The van der Waals surface area contributed by atoms with Crippen molar-refractivity contribution >= 4 is 23.2 Å². The van der Waals surface area contributed by atoms with Crippen LogP contribution in [-0.2, 0) is 12.8 Å². The third kappa shape index (κ3) is 3.74. The molecule has 28 heavy (non-hydrogen) atoms. The van der Waals surface area contributed by atoms with Crippen LogP contribution < -0.4 is 10.2 Å². The largest absolute Gasteiger partial charge is 0.321 e.